The second-order valence-electron chi connectivity index (χ2n) is 14.3. The van der Waals surface area contributed by atoms with Crippen LogP contribution in [-0.2, 0) is 31.9 Å². The van der Waals surface area contributed by atoms with Gasteiger partial charge in [-0.2, -0.15) is 0 Å². The van der Waals surface area contributed by atoms with Crippen molar-refractivity contribution in [1.82, 2.24) is 20.9 Å². The van der Waals surface area contributed by atoms with Crippen molar-refractivity contribution in [2.45, 2.75) is 103 Å². The summed E-state index contributed by atoms with van der Waals surface area (Å²) in [4.78, 5) is 66.0. The second-order valence-corrected chi connectivity index (χ2v) is 15.4. The number of aliphatic hydroxyl groups is 1. The zero-order chi connectivity index (χ0) is 36.9. The van der Waals surface area contributed by atoms with Gasteiger partial charge in [-0.25, -0.2) is 9.59 Å². The highest BCUT2D eigenvalue weighted by Gasteiger charge is 2.31. The Labute approximate surface area is 299 Å². The summed E-state index contributed by atoms with van der Waals surface area (Å²) in [5, 5.41) is 19.3. The molecule has 3 rings (SSSR count). The first kappa shape index (κ1) is 40.3. The van der Waals surface area contributed by atoms with Crippen LogP contribution in [0.15, 0.2) is 54.6 Å². The SMILES string of the molecule is CC(C)(C)OC(=O)NC(CCCCNC(=O)c1cccc(CC(=O)C(O)C(Cc2ccccc2)NC(=O)OC(C)(C)C)c1)C(=O)N1CCSC1. The normalized spacial score (nSPS) is 15.0. The molecular weight excluding hydrogens is 660 g/mol. The summed E-state index contributed by atoms with van der Waals surface area (Å²) < 4.78 is 10.7. The lowest BCUT2D eigenvalue weighted by atomic mass is 9.95. The number of aliphatic hydroxyl groups excluding tert-OH is 1. The first-order valence-corrected chi connectivity index (χ1v) is 18.1. The molecular formula is C37H52N4O8S. The Morgan fingerprint density at radius 1 is 0.860 bits per heavy atom. The highest BCUT2D eigenvalue weighted by Crippen LogP contribution is 2.18. The maximum absolute atomic E-state index is 13.3. The van der Waals surface area contributed by atoms with Gasteiger partial charge in [0.05, 0.1) is 11.9 Å². The van der Waals surface area contributed by atoms with Gasteiger partial charge in [-0.1, -0.05) is 42.5 Å². The molecule has 0 aliphatic carbocycles. The van der Waals surface area contributed by atoms with Crippen LogP contribution in [0.4, 0.5) is 9.59 Å². The molecule has 0 aromatic heterocycles. The van der Waals surface area contributed by atoms with Crippen LogP contribution in [0.3, 0.4) is 0 Å². The number of Topliss-reactive ketones (excluding diaryl/α,β-unsaturated/α-hetero) is 1. The molecule has 0 radical (unpaired) electrons. The number of carbonyl (C=O) groups excluding carboxylic acids is 5. The molecule has 1 saturated heterocycles. The van der Waals surface area contributed by atoms with Gasteiger partial charge in [0.2, 0.25) is 5.91 Å². The average Bonchev–Trinajstić information content (AvgIpc) is 3.57. The molecule has 0 spiro atoms. The summed E-state index contributed by atoms with van der Waals surface area (Å²) in [6.07, 6.45) is -1.32. The maximum atomic E-state index is 13.3. The van der Waals surface area contributed by atoms with E-state index in [9.17, 15) is 29.1 Å². The lowest BCUT2D eigenvalue weighted by Crippen LogP contribution is -2.50. The Kier molecular flexibility index (Phi) is 15.1. The zero-order valence-corrected chi connectivity index (χ0v) is 30.8. The van der Waals surface area contributed by atoms with Crippen LogP contribution in [0.5, 0.6) is 0 Å². The molecule has 3 unspecified atom stereocenters. The minimum atomic E-state index is -1.52. The third-order valence-electron chi connectivity index (χ3n) is 7.54. The minimum Gasteiger partial charge on any atom is -0.444 e. The van der Waals surface area contributed by atoms with Crippen molar-refractivity contribution < 1.29 is 38.6 Å². The number of amides is 4. The number of rotatable bonds is 15. The average molecular weight is 713 g/mol. The lowest BCUT2D eigenvalue weighted by Gasteiger charge is -2.26. The first-order valence-electron chi connectivity index (χ1n) is 17.0. The van der Waals surface area contributed by atoms with Crippen LogP contribution < -0.4 is 16.0 Å². The molecule has 12 nitrogen and oxygen atoms in total. The molecule has 0 bridgehead atoms. The number of hydrogen-bond acceptors (Lipinski definition) is 9. The number of alkyl carbamates (subject to hydrolysis) is 2. The Morgan fingerprint density at radius 2 is 1.50 bits per heavy atom. The summed E-state index contributed by atoms with van der Waals surface area (Å²) in [6, 6.07) is 14.1. The highest BCUT2D eigenvalue weighted by atomic mass is 32.2. The molecule has 1 fully saturated rings. The molecule has 4 amide bonds. The number of thioether (sulfide) groups is 1. The van der Waals surface area contributed by atoms with Crippen molar-refractivity contribution in [3.8, 4) is 0 Å². The molecule has 274 valence electrons. The third kappa shape index (κ3) is 14.4. The van der Waals surface area contributed by atoms with Crippen molar-refractivity contribution in [2.75, 3.05) is 24.7 Å². The number of nitrogens with one attached hydrogen (secondary N) is 3. The Hall–Kier alpha value is -4.10. The van der Waals surface area contributed by atoms with E-state index in [4.69, 9.17) is 9.47 Å². The van der Waals surface area contributed by atoms with Crippen molar-refractivity contribution >= 4 is 41.5 Å². The van der Waals surface area contributed by atoms with E-state index in [0.717, 1.165) is 11.3 Å². The number of hydrogen-bond donors (Lipinski definition) is 4. The largest absolute Gasteiger partial charge is 0.444 e. The number of nitrogens with zero attached hydrogens (tertiary/aromatic N) is 1. The highest BCUT2D eigenvalue weighted by molar-refractivity contribution is 7.99. The van der Waals surface area contributed by atoms with Gasteiger partial charge in [0.25, 0.3) is 5.91 Å². The Morgan fingerprint density at radius 3 is 2.12 bits per heavy atom. The van der Waals surface area contributed by atoms with E-state index in [-0.39, 0.29) is 24.7 Å². The van der Waals surface area contributed by atoms with Crippen molar-refractivity contribution in [2.24, 2.45) is 0 Å². The smallest absolute Gasteiger partial charge is 0.408 e. The molecule has 3 atom stereocenters. The molecule has 1 aliphatic rings. The number of ether oxygens (including phenoxy) is 2. The second kappa shape index (κ2) is 18.8. The van der Waals surface area contributed by atoms with Crippen LogP contribution in [0, 0.1) is 0 Å². The van der Waals surface area contributed by atoms with Crippen LogP contribution in [0.25, 0.3) is 0 Å². The van der Waals surface area contributed by atoms with E-state index in [2.05, 4.69) is 16.0 Å². The van der Waals surface area contributed by atoms with Gasteiger partial charge in [0.15, 0.2) is 5.78 Å². The molecule has 1 aliphatic heterocycles. The summed E-state index contributed by atoms with van der Waals surface area (Å²) in [7, 11) is 0. The molecule has 13 heteroatoms. The summed E-state index contributed by atoms with van der Waals surface area (Å²) in [6.45, 7) is 11.4. The van der Waals surface area contributed by atoms with Crippen LogP contribution in [0.2, 0.25) is 0 Å². The fourth-order valence-electron chi connectivity index (χ4n) is 5.21. The first-order chi connectivity index (χ1) is 23.5. The van der Waals surface area contributed by atoms with Crippen LogP contribution >= 0.6 is 11.8 Å². The molecule has 2 aromatic rings. The van der Waals surface area contributed by atoms with Gasteiger partial charge in [-0.05, 0) is 90.5 Å². The van der Waals surface area contributed by atoms with E-state index in [1.807, 2.05) is 30.3 Å². The molecule has 2 aromatic carbocycles. The molecule has 0 saturated carbocycles. The lowest BCUT2D eigenvalue weighted by molar-refractivity contribution is -0.132. The Bertz CT molecular complexity index is 1450. The van der Waals surface area contributed by atoms with Gasteiger partial charge in [-0.15, -0.1) is 11.8 Å². The number of ketones is 1. The van der Waals surface area contributed by atoms with E-state index in [1.165, 1.54) is 0 Å². The molecule has 50 heavy (non-hydrogen) atoms. The van der Waals surface area contributed by atoms with E-state index >= 15 is 0 Å². The fourth-order valence-corrected chi connectivity index (χ4v) is 6.17. The van der Waals surface area contributed by atoms with Crippen molar-refractivity contribution in [1.29, 1.82) is 0 Å². The molecule has 4 N–H and O–H groups in total. The summed E-state index contributed by atoms with van der Waals surface area (Å²) in [5.74, 6) is 0.446. The monoisotopic (exact) mass is 712 g/mol. The standard InChI is InChI=1S/C37H52N4O8S/c1-36(2,3)48-34(46)39-28(33(45)41-19-20-50-24-41)17-10-11-18-38-32(44)27-16-12-15-26(21-27)23-30(42)31(43)29(22-25-13-8-7-9-14-25)40-35(47)49-37(4,5)6/h7-9,12-16,21,28-29,31,43H,10-11,17-20,22-24H2,1-6H3,(H,38,44)(H,39,46)(H,40,47). The van der Waals surface area contributed by atoms with Crippen molar-refractivity contribution in [3.05, 3.63) is 71.3 Å². The van der Waals surface area contributed by atoms with Crippen LogP contribution in [0.1, 0.15) is 82.3 Å². The number of unbranched alkanes of at least 4 members (excludes halogenated alkanes) is 1. The predicted octanol–water partition coefficient (Wildman–Crippen LogP) is 4.62. The topological polar surface area (TPSA) is 163 Å². The Balaban J connectivity index is 1.54. The zero-order valence-electron chi connectivity index (χ0n) is 30.0. The van der Waals surface area contributed by atoms with E-state index in [0.29, 0.717) is 49.4 Å². The fraction of sp³-hybridized carbons (Fsp3) is 0.541. The predicted molar refractivity (Wildman–Crippen MR) is 193 cm³/mol. The number of benzene rings is 2. The van der Waals surface area contributed by atoms with Crippen molar-refractivity contribution in [3.63, 3.8) is 0 Å². The van der Waals surface area contributed by atoms with Gasteiger partial charge >= 0.3 is 12.2 Å². The molecule has 1 heterocycles. The minimum absolute atomic E-state index is 0.145. The third-order valence-corrected chi connectivity index (χ3v) is 8.50. The summed E-state index contributed by atoms with van der Waals surface area (Å²) in [5.41, 5.74) is 0.256. The maximum Gasteiger partial charge on any atom is 0.408 e. The van der Waals surface area contributed by atoms with Gasteiger partial charge in [0.1, 0.15) is 23.3 Å². The quantitative estimate of drug-likeness (QED) is 0.193. The van der Waals surface area contributed by atoms with Gasteiger partial charge in [-0.3, -0.25) is 14.4 Å². The van der Waals surface area contributed by atoms with Gasteiger partial charge < -0.3 is 35.4 Å². The van der Waals surface area contributed by atoms with Gasteiger partial charge in [0, 0.05) is 30.8 Å². The summed E-state index contributed by atoms with van der Waals surface area (Å²) >= 11 is 1.66. The van der Waals surface area contributed by atoms with E-state index in [1.54, 1.807) is 82.5 Å². The van der Waals surface area contributed by atoms with E-state index < -0.39 is 47.4 Å². The van der Waals surface area contributed by atoms with Crippen LogP contribution in [-0.4, -0.2) is 93.9 Å². The number of carbonyl (C=O) groups is 5.